The van der Waals surface area contributed by atoms with E-state index >= 15 is 0 Å². The summed E-state index contributed by atoms with van der Waals surface area (Å²) in [6.45, 7) is 3.70. The molecule has 1 rings (SSSR count). The van der Waals surface area contributed by atoms with Gasteiger partial charge in [-0.05, 0) is 19.8 Å². The van der Waals surface area contributed by atoms with E-state index in [4.69, 9.17) is 11.1 Å². The first kappa shape index (κ1) is 7.52. The van der Waals surface area contributed by atoms with Crippen molar-refractivity contribution >= 4 is 0 Å². The molecule has 3 nitrogen and oxygen atoms in total. The van der Waals surface area contributed by atoms with E-state index in [1.807, 2.05) is 6.92 Å². The number of piperidine rings is 1. The fourth-order valence-electron chi connectivity index (χ4n) is 1.13. The van der Waals surface area contributed by atoms with Gasteiger partial charge in [0.25, 0.3) is 0 Å². The third-order valence-corrected chi connectivity index (χ3v) is 2.17. The lowest BCUT2D eigenvalue weighted by Crippen LogP contribution is -2.42. The molecule has 0 aromatic carbocycles. The SMILES string of the molecule is CC1(C#N)CCN(N)CC1. The maximum Gasteiger partial charge on any atom is 0.0687 e. The van der Waals surface area contributed by atoms with Gasteiger partial charge in [-0.2, -0.15) is 5.26 Å². The zero-order valence-corrected chi connectivity index (χ0v) is 6.30. The molecule has 0 atom stereocenters. The minimum atomic E-state index is -0.115. The minimum Gasteiger partial charge on any atom is -0.269 e. The normalized spacial score (nSPS) is 25.7. The van der Waals surface area contributed by atoms with E-state index in [0.717, 1.165) is 25.9 Å². The third kappa shape index (κ3) is 1.47. The molecule has 0 amide bonds. The molecule has 1 aliphatic heterocycles. The monoisotopic (exact) mass is 139 g/mol. The van der Waals surface area contributed by atoms with E-state index in [9.17, 15) is 0 Å². The molecule has 0 bridgehead atoms. The number of nitrogens with zero attached hydrogens (tertiary/aromatic N) is 2. The number of hydrazine groups is 1. The molecular formula is C7H13N3. The molecule has 1 heterocycles. The number of hydrogen-bond acceptors (Lipinski definition) is 3. The van der Waals surface area contributed by atoms with Crippen LogP contribution in [0.25, 0.3) is 0 Å². The van der Waals surface area contributed by atoms with Crippen LogP contribution in [0.5, 0.6) is 0 Å². The molecule has 0 radical (unpaired) electrons. The Bertz CT molecular complexity index is 151. The fraction of sp³-hybridized carbons (Fsp3) is 0.857. The summed E-state index contributed by atoms with van der Waals surface area (Å²) in [5, 5.41) is 10.5. The molecular weight excluding hydrogens is 126 g/mol. The number of nitriles is 1. The number of hydrogen-bond donors (Lipinski definition) is 1. The zero-order chi connectivity index (χ0) is 7.61. The van der Waals surface area contributed by atoms with E-state index in [1.165, 1.54) is 0 Å². The van der Waals surface area contributed by atoms with Crippen molar-refractivity contribution in [3.05, 3.63) is 0 Å². The average molecular weight is 139 g/mol. The van der Waals surface area contributed by atoms with Crippen LogP contribution in [0.3, 0.4) is 0 Å². The first-order valence-corrected chi connectivity index (χ1v) is 3.57. The van der Waals surface area contributed by atoms with Crippen molar-refractivity contribution in [3.63, 3.8) is 0 Å². The van der Waals surface area contributed by atoms with Crippen molar-refractivity contribution in [1.29, 1.82) is 5.26 Å². The Hall–Kier alpha value is -0.590. The molecule has 1 aliphatic rings. The molecule has 0 saturated carbocycles. The van der Waals surface area contributed by atoms with Crippen LogP contribution in [0, 0.1) is 16.7 Å². The zero-order valence-electron chi connectivity index (χ0n) is 6.30. The predicted molar refractivity (Wildman–Crippen MR) is 38.7 cm³/mol. The van der Waals surface area contributed by atoms with Crippen molar-refractivity contribution in [2.75, 3.05) is 13.1 Å². The average Bonchev–Trinajstić information content (AvgIpc) is 1.96. The van der Waals surface area contributed by atoms with Gasteiger partial charge in [0.05, 0.1) is 11.5 Å². The Morgan fingerprint density at radius 3 is 2.40 bits per heavy atom. The summed E-state index contributed by atoms with van der Waals surface area (Å²) in [5.74, 6) is 5.53. The summed E-state index contributed by atoms with van der Waals surface area (Å²) in [6, 6.07) is 2.32. The highest BCUT2D eigenvalue weighted by Gasteiger charge is 2.28. The van der Waals surface area contributed by atoms with Crippen LogP contribution in [0.1, 0.15) is 19.8 Å². The molecule has 0 unspecified atom stereocenters. The second kappa shape index (κ2) is 2.57. The molecule has 0 aromatic heterocycles. The summed E-state index contributed by atoms with van der Waals surface area (Å²) < 4.78 is 0. The van der Waals surface area contributed by atoms with Gasteiger partial charge in [0.2, 0.25) is 0 Å². The Kier molecular flexibility index (Phi) is 1.93. The maximum atomic E-state index is 8.73. The molecule has 56 valence electrons. The van der Waals surface area contributed by atoms with E-state index in [1.54, 1.807) is 5.01 Å². The van der Waals surface area contributed by atoms with Gasteiger partial charge in [-0.3, -0.25) is 5.84 Å². The maximum absolute atomic E-state index is 8.73. The van der Waals surface area contributed by atoms with Crippen LogP contribution in [0.15, 0.2) is 0 Å². The van der Waals surface area contributed by atoms with Gasteiger partial charge >= 0.3 is 0 Å². The Morgan fingerprint density at radius 2 is 2.00 bits per heavy atom. The lowest BCUT2D eigenvalue weighted by atomic mass is 9.82. The number of rotatable bonds is 0. The van der Waals surface area contributed by atoms with Crippen molar-refractivity contribution < 1.29 is 0 Å². The van der Waals surface area contributed by atoms with Gasteiger partial charge in [0.15, 0.2) is 0 Å². The molecule has 0 aliphatic carbocycles. The summed E-state index contributed by atoms with van der Waals surface area (Å²) >= 11 is 0. The molecule has 3 heteroatoms. The smallest absolute Gasteiger partial charge is 0.0687 e. The Balaban J connectivity index is 2.48. The standard InChI is InChI=1S/C7H13N3/c1-7(6-8)2-4-10(9)5-3-7/h2-5,9H2,1H3. The molecule has 10 heavy (non-hydrogen) atoms. The lowest BCUT2D eigenvalue weighted by Gasteiger charge is -2.31. The van der Waals surface area contributed by atoms with Crippen molar-refractivity contribution in [1.82, 2.24) is 5.01 Å². The molecule has 1 fully saturated rings. The van der Waals surface area contributed by atoms with Gasteiger partial charge in [-0.1, -0.05) is 0 Å². The fourth-order valence-corrected chi connectivity index (χ4v) is 1.13. The number of nitrogens with two attached hydrogens (primary N) is 1. The topological polar surface area (TPSA) is 53.0 Å². The van der Waals surface area contributed by atoms with Crippen molar-refractivity contribution in [2.24, 2.45) is 11.3 Å². The van der Waals surface area contributed by atoms with Gasteiger partial charge in [-0.15, -0.1) is 0 Å². The van der Waals surface area contributed by atoms with Gasteiger partial charge < -0.3 is 0 Å². The van der Waals surface area contributed by atoms with Crippen LogP contribution < -0.4 is 5.84 Å². The lowest BCUT2D eigenvalue weighted by molar-refractivity contribution is 0.159. The summed E-state index contributed by atoms with van der Waals surface area (Å²) in [7, 11) is 0. The van der Waals surface area contributed by atoms with E-state index in [0.29, 0.717) is 0 Å². The van der Waals surface area contributed by atoms with Crippen LogP contribution in [-0.4, -0.2) is 18.1 Å². The van der Waals surface area contributed by atoms with Gasteiger partial charge in [-0.25, -0.2) is 5.01 Å². The van der Waals surface area contributed by atoms with Crippen LogP contribution in [0.2, 0.25) is 0 Å². The highest BCUT2D eigenvalue weighted by atomic mass is 15.4. The van der Waals surface area contributed by atoms with Crippen molar-refractivity contribution in [2.45, 2.75) is 19.8 Å². The quantitative estimate of drug-likeness (QED) is 0.497. The minimum absolute atomic E-state index is 0.115. The summed E-state index contributed by atoms with van der Waals surface area (Å²) in [6.07, 6.45) is 1.81. The van der Waals surface area contributed by atoms with Crippen LogP contribution in [-0.2, 0) is 0 Å². The van der Waals surface area contributed by atoms with E-state index in [-0.39, 0.29) is 5.41 Å². The summed E-state index contributed by atoms with van der Waals surface area (Å²) in [5.41, 5.74) is -0.115. The Morgan fingerprint density at radius 1 is 1.50 bits per heavy atom. The summed E-state index contributed by atoms with van der Waals surface area (Å²) in [4.78, 5) is 0. The molecule has 0 aromatic rings. The molecule has 0 spiro atoms. The van der Waals surface area contributed by atoms with Gasteiger partial charge in [0, 0.05) is 13.1 Å². The van der Waals surface area contributed by atoms with Crippen molar-refractivity contribution in [3.8, 4) is 6.07 Å². The largest absolute Gasteiger partial charge is 0.269 e. The second-order valence-corrected chi connectivity index (χ2v) is 3.21. The van der Waals surface area contributed by atoms with Crippen LogP contribution in [0.4, 0.5) is 0 Å². The second-order valence-electron chi connectivity index (χ2n) is 3.21. The van der Waals surface area contributed by atoms with E-state index in [2.05, 4.69) is 6.07 Å². The first-order chi connectivity index (χ1) is 4.66. The molecule has 1 saturated heterocycles. The first-order valence-electron chi connectivity index (χ1n) is 3.57. The highest BCUT2D eigenvalue weighted by molar-refractivity contribution is 4.97. The predicted octanol–water partition coefficient (Wildman–Crippen LogP) is 0.486. The Labute approximate surface area is 61.4 Å². The highest BCUT2D eigenvalue weighted by Crippen LogP contribution is 2.28. The third-order valence-electron chi connectivity index (χ3n) is 2.17. The van der Waals surface area contributed by atoms with Crippen LogP contribution >= 0.6 is 0 Å². The van der Waals surface area contributed by atoms with E-state index < -0.39 is 0 Å². The van der Waals surface area contributed by atoms with Gasteiger partial charge in [0.1, 0.15) is 0 Å². The molecule has 2 N–H and O–H groups in total.